The summed E-state index contributed by atoms with van der Waals surface area (Å²) in [5.74, 6) is 2.10. The lowest BCUT2D eigenvalue weighted by Crippen LogP contribution is -2.48. The Morgan fingerprint density at radius 3 is 2.57 bits per heavy atom. The van der Waals surface area contributed by atoms with Crippen LogP contribution in [0.1, 0.15) is 27.4 Å². The number of rotatable bonds is 5. The van der Waals surface area contributed by atoms with Crippen molar-refractivity contribution < 1.29 is 9.53 Å². The van der Waals surface area contributed by atoms with Gasteiger partial charge in [0, 0.05) is 24.2 Å². The van der Waals surface area contributed by atoms with Gasteiger partial charge in [-0.3, -0.25) is 4.79 Å². The minimum Gasteiger partial charge on any atom is -0.381 e. The first-order valence-electron chi connectivity index (χ1n) is 6.64. The van der Waals surface area contributed by atoms with Crippen LogP contribution in [0.25, 0.3) is 0 Å². The fourth-order valence-electron chi connectivity index (χ4n) is 2.05. The number of nitrogens with zero attached hydrogens (tertiary/aromatic N) is 1. The fourth-order valence-corrected chi connectivity index (χ4v) is 4.91. The third-order valence-corrected chi connectivity index (χ3v) is 6.24. The van der Waals surface area contributed by atoms with Crippen molar-refractivity contribution in [2.45, 2.75) is 17.0 Å². The summed E-state index contributed by atoms with van der Waals surface area (Å²) < 4.78 is 5.45. The molecule has 1 N–H and O–H groups in total. The monoisotopic (exact) mass is 322 g/mol. The van der Waals surface area contributed by atoms with Gasteiger partial charge in [-0.1, -0.05) is 12.1 Å². The Morgan fingerprint density at radius 1 is 1.43 bits per heavy atom. The number of benzene rings is 1. The van der Waals surface area contributed by atoms with E-state index >= 15 is 0 Å². The van der Waals surface area contributed by atoms with E-state index in [-0.39, 0.29) is 12.5 Å². The number of nitriles is 1. The molecule has 1 saturated heterocycles. The Bertz CT molecular complexity index is 536. The molecule has 0 aliphatic carbocycles. The zero-order valence-electron chi connectivity index (χ0n) is 12.1. The molecule has 21 heavy (non-hydrogen) atoms. The van der Waals surface area contributed by atoms with Crippen LogP contribution in [-0.2, 0) is 4.74 Å². The number of hydrogen-bond donors (Lipinski definition) is 1. The lowest BCUT2D eigenvalue weighted by molar-refractivity contribution is 0.0860. The summed E-state index contributed by atoms with van der Waals surface area (Å²) in [7, 11) is 1.51. The highest BCUT2D eigenvalue weighted by Gasteiger charge is 2.26. The molecule has 1 heterocycles. The van der Waals surface area contributed by atoms with Gasteiger partial charge in [-0.25, -0.2) is 0 Å². The fraction of sp³-hybridized carbons (Fsp3) is 0.467. The number of carbonyl (C=O) groups excluding carboxylic acids is 1. The molecule has 1 aliphatic heterocycles. The maximum Gasteiger partial charge on any atom is 0.252 e. The topological polar surface area (TPSA) is 62.1 Å². The summed E-state index contributed by atoms with van der Waals surface area (Å²) in [6.45, 7) is 1.80. The molecule has 1 aliphatic rings. The van der Waals surface area contributed by atoms with Gasteiger partial charge in [0.25, 0.3) is 5.91 Å². The quantitative estimate of drug-likeness (QED) is 0.903. The van der Waals surface area contributed by atoms with E-state index in [0.29, 0.717) is 10.1 Å². The van der Waals surface area contributed by atoms with E-state index < -0.39 is 5.54 Å². The Hall–Kier alpha value is -1.16. The van der Waals surface area contributed by atoms with Gasteiger partial charge >= 0.3 is 0 Å². The molecule has 112 valence electrons. The Balaban J connectivity index is 2.04. The van der Waals surface area contributed by atoms with Crippen molar-refractivity contribution in [3.8, 4) is 6.07 Å². The normalized spacial score (nSPS) is 18.0. The zero-order chi connectivity index (χ0) is 15.3. The molecule has 1 unspecified atom stereocenters. The molecule has 0 radical (unpaired) electrons. The van der Waals surface area contributed by atoms with E-state index in [0.717, 1.165) is 0 Å². The maximum absolute atomic E-state index is 12.2. The molecule has 0 bridgehead atoms. The highest BCUT2D eigenvalue weighted by molar-refractivity contribution is 8.19. The van der Waals surface area contributed by atoms with E-state index in [2.05, 4.69) is 11.4 Å². The first-order chi connectivity index (χ1) is 10.1. The molecule has 1 aromatic carbocycles. The van der Waals surface area contributed by atoms with Gasteiger partial charge in [0.2, 0.25) is 0 Å². The average Bonchev–Trinajstić information content (AvgIpc) is 3.02. The summed E-state index contributed by atoms with van der Waals surface area (Å²) in [6, 6.07) is 9.68. The van der Waals surface area contributed by atoms with Crippen LogP contribution in [0.15, 0.2) is 24.3 Å². The molecule has 1 fully saturated rings. The Kier molecular flexibility index (Phi) is 5.57. The second-order valence-corrected chi connectivity index (χ2v) is 7.75. The van der Waals surface area contributed by atoms with Crippen molar-refractivity contribution in [3.63, 3.8) is 0 Å². The predicted molar refractivity (Wildman–Crippen MR) is 87.5 cm³/mol. The van der Waals surface area contributed by atoms with E-state index in [9.17, 15) is 4.79 Å². The molecule has 1 amide bonds. The number of carbonyl (C=O) groups is 1. The molecular formula is C15H18N2O2S2. The molecule has 1 atom stereocenters. The van der Waals surface area contributed by atoms with E-state index in [1.807, 2.05) is 47.8 Å². The highest BCUT2D eigenvalue weighted by atomic mass is 32.2. The van der Waals surface area contributed by atoms with E-state index in [1.165, 1.54) is 24.2 Å². The van der Waals surface area contributed by atoms with Gasteiger partial charge in [0.1, 0.15) is 5.54 Å². The standard InChI is InChI=1S/C15H18N2O2S2/c1-15(9-16,10-19-2)17-13(18)11-3-5-12(6-4-11)14-20-7-8-21-14/h3-6,14H,7-8,10H2,1-2H3,(H,17,18). The third kappa shape index (κ3) is 4.16. The van der Waals surface area contributed by atoms with Crippen LogP contribution < -0.4 is 5.32 Å². The molecule has 6 heteroatoms. The van der Waals surface area contributed by atoms with Crippen LogP contribution in [0.5, 0.6) is 0 Å². The average molecular weight is 322 g/mol. The van der Waals surface area contributed by atoms with Crippen molar-refractivity contribution in [3.05, 3.63) is 35.4 Å². The number of thioether (sulfide) groups is 2. The first kappa shape index (κ1) is 16.2. The largest absolute Gasteiger partial charge is 0.381 e. The van der Waals surface area contributed by atoms with E-state index in [4.69, 9.17) is 10.00 Å². The van der Waals surface area contributed by atoms with Crippen molar-refractivity contribution >= 4 is 29.4 Å². The van der Waals surface area contributed by atoms with Crippen molar-refractivity contribution in [1.82, 2.24) is 5.32 Å². The van der Waals surface area contributed by atoms with E-state index in [1.54, 1.807) is 6.92 Å². The van der Waals surface area contributed by atoms with Gasteiger partial charge in [-0.05, 0) is 24.6 Å². The Morgan fingerprint density at radius 2 is 2.05 bits per heavy atom. The van der Waals surface area contributed by atoms with Crippen molar-refractivity contribution in [2.75, 3.05) is 25.2 Å². The minimum absolute atomic E-state index is 0.155. The predicted octanol–water partition coefficient (Wildman–Crippen LogP) is 2.82. The van der Waals surface area contributed by atoms with Crippen molar-refractivity contribution in [2.24, 2.45) is 0 Å². The van der Waals surface area contributed by atoms with Crippen LogP contribution in [-0.4, -0.2) is 36.7 Å². The molecule has 1 aromatic rings. The molecule has 0 saturated carbocycles. The maximum atomic E-state index is 12.2. The number of methoxy groups -OCH3 is 1. The lowest BCUT2D eigenvalue weighted by Gasteiger charge is -2.22. The van der Waals surface area contributed by atoms with Crippen LogP contribution in [0, 0.1) is 11.3 Å². The van der Waals surface area contributed by atoms with Gasteiger partial charge in [0.05, 0.1) is 17.3 Å². The molecule has 0 spiro atoms. The number of nitrogens with one attached hydrogen (secondary N) is 1. The lowest BCUT2D eigenvalue weighted by atomic mass is 10.0. The summed E-state index contributed by atoms with van der Waals surface area (Å²) in [4.78, 5) is 12.2. The minimum atomic E-state index is -1.01. The number of ether oxygens (including phenoxy) is 1. The van der Waals surface area contributed by atoms with Crippen LogP contribution in [0.4, 0.5) is 0 Å². The highest BCUT2D eigenvalue weighted by Crippen LogP contribution is 2.45. The summed E-state index contributed by atoms with van der Waals surface area (Å²) in [6.07, 6.45) is 0. The molecule has 0 aromatic heterocycles. The van der Waals surface area contributed by atoms with Gasteiger partial charge < -0.3 is 10.1 Å². The number of amides is 1. The van der Waals surface area contributed by atoms with Gasteiger partial charge in [-0.15, -0.1) is 23.5 Å². The second kappa shape index (κ2) is 7.21. The third-order valence-electron chi connectivity index (χ3n) is 3.14. The molecular weight excluding hydrogens is 304 g/mol. The van der Waals surface area contributed by atoms with Gasteiger partial charge in [-0.2, -0.15) is 5.26 Å². The summed E-state index contributed by atoms with van der Waals surface area (Å²) in [5.41, 5.74) is 0.782. The van der Waals surface area contributed by atoms with Crippen LogP contribution in [0.3, 0.4) is 0 Å². The molecule has 4 nitrogen and oxygen atoms in total. The zero-order valence-corrected chi connectivity index (χ0v) is 13.7. The SMILES string of the molecule is COCC(C)(C#N)NC(=O)c1ccc(C2SCCS2)cc1. The van der Waals surface area contributed by atoms with Crippen LogP contribution >= 0.6 is 23.5 Å². The summed E-state index contributed by atoms with van der Waals surface area (Å²) in [5, 5.41) is 11.9. The molecule has 2 rings (SSSR count). The second-order valence-electron chi connectivity index (χ2n) is 5.03. The van der Waals surface area contributed by atoms with Crippen molar-refractivity contribution in [1.29, 1.82) is 5.26 Å². The summed E-state index contributed by atoms with van der Waals surface area (Å²) >= 11 is 3.87. The van der Waals surface area contributed by atoms with Gasteiger partial charge in [0.15, 0.2) is 0 Å². The first-order valence-corrected chi connectivity index (χ1v) is 8.73. The smallest absolute Gasteiger partial charge is 0.252 e. The van der Waals surface area contributed by atoms with Crippen LogP contribution in [0.2, 0.25) is 0 Å². The number of hydrogen-bond acceptors (Lipinski definition) is 5. The Labute approximate surface area is 133 Å².